The van der Waals surface area contributed by atoms with Crippen LogP contribution in [-0.2, 0) is 11.7 Å². The van der Waals surface area contributed by atoms with Crippen LogP contribution < -0.4 is 0 Å². The van der Waals surface area contributed by atoms with Gasteiger partial charge in [0, 0.05) is 6.20 Å². The number of imidazole rings is 1. The van der Waals surface area contributed by atoms with E-state index in [0.717, 1.165) is 11.0 Å². The summed E-state index contributed by atoms with van der Waals surface area (Å²) in [5.41, 5.74) is 1.81. The highest BCUT2D eigenvalue weighted by Gasteiger charge is 1.99. The predicted octanol–water partition coefficient (Wildman–Crippen LogP) is 0.862. The molecule has 0 saturated heterocycles. The fraction of sp³-hybridized carbons (Fsp3) is 0.250. The molecule has 0 unspecified atom stereocenters. The second-order valence-corrected chi connectivity index (χ2v) is 2.51. The molecule has 1 radical (unpaired) electrons. The SMILES string of the molecule is [O]CCn1cnc2cnccc21. The maximum atomic E-state index is 10.4. The molecule has 0 N–H and O–H groups in total. The molecule has 2 rings (SSSR count). The Kier molecular flexibility index (Phi) is 1.75. The van der Waals surface area contributed by atoms with Crippen LogP contribution in [0.5, 0.6) is 0 Å². The van der Waals surface area contributed by atoms with Gasteiger partial charge in [-0.25, -0.2) is 10.1 Å². The highest BCUT2D eigenvalue weighted by Crippen LogP contribution is 2.09. The van der Waals surface area contributed by atoms with E-state index in [2.05, 4.69) is 9.97 Å². The van der Waals surface area contributed by atoms with E-state index in [0.29, 0.717) is 6.54 Å². The number of hydrogen-bond donors (Lipinski definition) is 0. The van der Waals surface area contributed by atoms with Crippen molar-refractivity contribution in [1.82, 2.24) is 14.5 Å². The van der Waals surface area contributed by atoms with Crippen molar-refractivity contribution in [3.05, 3.63) is 24.8 Å². The molecule has 61 valence electrons. The molecule has 0 spiro atoms. The molecule has 0 fully saturated rings. The quantitative estimate of drug-likeness (QED) is 0.657. The van der Waals surface area contributed by atoms with Crippen LogP contribution in [0.2, 0.25) is 0 Å². The minimum Gasteiger partial charge on any atom is -0.328 e. The van der Waals surface area contributed by atoms with Crippen LogP contribution in [0.4, 0.5) is 0 Å². The van der Waals surface area contributed by atoms with Crippen LogP contribution in [0.15, 0.2) is 24.8 Å². The van der Waals surface area contributed by atoms with Gasteiger partial charge in [0.15, 0.2) is 0 Å². The maximum Gasteiger partial charge on any atom is 0.107 e. The highest BCUT2D eigenvalue weighted by molar-refractivity contribution is 5.73. The third kappa shape index (κ3) is 1.06. The molecule has 2 aromatic rings. The molecule has 0 bridgehead atoms. The van der Waals surface area contributed by atoms with Crippen LogP contribution >= 0.6 is 0 Å². The Hall–Kier alpha value is -1.42. The van der Waals surface area contributed by atoms with E-state index in [9.17, 15) is 5.11 Å². The molecule has 4 nitrogen and oxygen atoms in total. The summed E-state index contributed by atoms with van der Waals surface area (Å²) >= 11 is 0. The lowest BCUT2D eigenvalue weighted by atomic mass is 10.4. The first-order chi connectivity index (χ1) is 5.92. The zero-order chi connectivity index (χ0) is 8.39. The first-order valence-electron chi connectivity index (χ1n) is 3.75. The second kappa shape index (κ2) is 2.91. The van der Waals surface area contributed by atoms with E-state index >= 15 is 0 Å². The Morgan fingerprint density at radius 3 is 3.25 bits per heavy atom. The molecule has 2 aromatic heterocycles. The third-order valence-electron chi connectivity index (χ3n) is 1.76. The van der Waals surface area contributed by atoms with E-state index in [1.807, 2.05) is 10.6 Å². The summed E-state index contributed by atoms with van der Waals surface area (Å²) < 4.78 is 1.84. The number of fused-ring (bicyclic) bond motifs is 1. The summed E-state index contributed by atoms with van der Waals surface area (Å²) in [6, 6.07) is 1.86. The van der Waals surface area contributed by atoms with Gasteiger partial charge in [0.25, 0.3) is 0 Å². The summed E-state index contributed by atoms with van der Waals surface area (Å²) in [6.07, 6.45) is 5.06. The van der Waals surface area contributed by atoms with E-state index in [1.165, 1.54) is 0 Å². The Labute approximate surface area is 69.5 Å². The first-order valence-corrected chi connectivity index (χ1v) is 3.75. The van der Waals surface area contributed by atoms with Crippen molar-refractivity contribution in [2.45, 2.75) is 6.54 Å². The Balaban J connectivity index is 2.55. The largest absolute Gasteiger partial charge is 0.328 e. The van der Waals surface area contributed by atoms with Gasteiger partial charge in [-0.15, -0.1) is 0 Å². The van der Waals surface area contributed by atoms with Crippen LogP contribution in [0, 0.1) is 0 Å². The zero-order valence-corrected chi connectivity index (χ0v) is 6.47. The van der Waals surface area contributed by atoms with Crippen LogP contribution in [-0.4, -0.2) is 21.1 Å². The zero-order valence-electron chi connectivity index (χ0n) is 6.47. The Morgan fingerprint density at radius 2 is 2.42 bits per heavy atom. The summed E-state index contributed by atoms with van der Waals surface area (Å²) in [6.45, 7) is 0.355. The lowest BCUT2D eigenvalue weighted by Crippen LogP contribution is -1.98. The van der Waals surface area contributed by atoms with E-state index in [-0.39, 0.29) is 6.61 Å². The number of nitrogens with zero attached hydrogens (tertiary/aromatic N) is 3. The van der Waals surface area contributed by atoms with E-state index < -0.39 is 0 Å². The number of hydrogen-bond acceptors (Lipinski definition) is 2. The molecule has 0 aliphatic rings. The number of pyridine rings is 1. The second-order valence-electron chi connectivity index (χ2n) is 2.51. The van der Waals surface area contributed by atoms with Crippen molar-refractivity contribution < 1.29 is 5.11 Å². The van der Waals surface area contributed by atoms with Crippen LogP contribution in [0.3, 0.4) is 0 Å². The molecule has 0 aliphatic carbocycles. The minimum atomic E-state index is -0.117. The molecule has 0 aromatic carbocycles. The summed E-state index contributed by atoms with van der Waals surface area (Å²) in [4.78, 5) is 8.03. The van der Waals surface area contributed by atoms with Gasteiger partial charge in [0.05, 0.1) is 24.6 Å². The fourth-order valence-corrected chi connectivity index (χ4v) is 1.19. The van der Waals surface area contributed by atoms with Crippen molar-refractivity contribution in [2.75, 3.05) is 6.61 Å². The van der Waals surface area contributed by atoms with Crippen molar-refractivity contribution in [3.8, 4) is 0 Å². The summed E-state index contributed by atoms with van der Waals surface area (Å²) in [7, 11) is 0. The van der Waals surface area contributed by atoms with Crippen molar-refractivity contribution in [2.24, 2.45) is 0 Å². The van der Waals surface area contributed by atoms with Gasteiger partial charge in [0.2, 0.25) is 0 Å². The van der Waals surface area contributed by atoms with Gasteiger partial charge in [-0.05, 0) is 6.07 Å². The van der Waals surface area contributed by atoms with Gasteiger partial charge in [-0.1, -0.05) is 0 Å². The Morgan fingerprint density at radius 1 is 1.50 bits per heavy atom. The van der Waals surface area contributed by atoms with Crippen LogP contribution in [0.25, 0.3) is 11.0 Å². The third-order valence-corrected chi connectivity index (χ3v) is 1.76. The lowest BCUT2D eigenvalue weighted by molar-refractivity contribution is 0.182. The van der Waals surface area contributed by atoms with Crippen molar-refractivity contribution >= 4 is 11.0 Å². The molecule has 0 atom stereocenters. The standard InChI is InChI=1S/C8H8N3O/c12-4-3-11-6-10-7-5-9-2-1-8(7)11/h1-2,5-6H,3-4H2. The van der Waals surface area contributed by atoms with Crippen molar-refractivity contribution in [1.29, 1.82) is 0 Å². The Bertz CT molecular complexity index is 382. The molecule has 2 heterocycles. The average molecular weight is 162 g/mol. The van der Waals surface area contributed by atoms with E-state index in [1.54, 1.807) is 18.7 Å². The molecule has 12 heavy (non-hydrogen) atoms. The normalized spacial score (nSPS) is 10.8. The smallest absolute Gasteiger partial charge is 0.107 e. The van der Waals surface area contributed by atoms with Crippen LogP contribution in [0.1, 0.15) is 0 Å². The minimum absolute atomic E-state index is 0.117. The molecular weight excluding hydrogens is 154 g/mol. The summed E-state index contributed by atoms with van der Waals surface area (Å²) in [5, 5.41) is 10.4. The van der Waals surface area contributed by atoms with E-state index in [4.69, 9.17) is 0 Å². The predicted molar refractivity (Wildman–Crippen MR) is 43.1 cm³/mol. The molecule has 0 aliphatic heterocycles. The fourth-order valence-electron chi connectivity index (χ4n) is 1.19. The van der Waals surface area contributed by atoms with Gasteiger partial charge >= 0.3 is 0 Å². The number of rotatable bonds is 2. The van der Waals surface area contributed by atoms with Gasteiger partial charge in [-0.2, -0.15) is 0 Å². The monoisotopic (exact) mass is 162 g/mol. The molecule has 4 heteroatoms. The topological polar surface area (TPSA) is 50.6 Å². The summed E-state index contributed by atoms with van der Waals surface area (Å²) in [5.74, 6) is 0. The lowest BCUT2D eigenvalue weighted by Gasteiger charge is -1.97. The van der Waals surface area contributed by atoms with Crippen molar-refractivity contribution in [3.63, 3.8) is 0 Å². The maximum absolute atomic E-state index is 10.4. The highest BCUT2D eigenvalue weighted by atomic mass is 16.3. The van der Waals surface area contributed by atoms with Gasteiger partial charge in [0.1, 0.15) is 12.1 Å². The van der Waals surface area contributed by atoms with Gasteiger partial charge in [-0.3, -0.25) is 4.98 Å². The molecule has 0 saturated carbocycles. The number of aromatic nitrogens is 3. The molecular formula is C8H8N3O. The molecule has 0 amide bonds. The van der Waals surface area contributed by atoms with Gasteiger partial charge < -0.3 is 4.57 Å². The first kappa shape index (κ1) is 7.24. The average Bonchev–Trinajstić information content (AvgIpc) is 2.50.